The summed E-state index contributed by atoms with van der Waals surface area (Å²) in [4.78, 5) is 17.9. The fraction of sp³-hybridized carbons (Fsp3) is 0.231. The minimum absolute atomic E-state index is 0.127. The largest absolute Gasteiger partial charge is 0.495 e. The molecule has 1 aromatic carbocycles. The molecular formula is C13H14N4O5S. The zero-order valence-corrected chi connectivity index (χ0v) is 13.2. The van der Waals surface area contributed by atoms with Crippen molar-refractivity contribution in [3.63, 3.8) is 0 Å². The van der Waals surface area contributed by atoms with Crippen LogP contribution >= 0.6 is 0 Å². The number of sulfonamides is 1. The molecule has 1 heterocycles. The molecule has 0 radical (unpaired) electrons. The second-order valence-corrected chi connectivity index (χ2v) is 6.09. The van der Waals surface area contributed by atoms with Gasteiger partial charge in [-0.05, 0) is 6.07 Å². The van der Waals surface area contributed by atoms with Crippen molar-refractivity contribution in [3.05, 3.63) is 46.5 Å². The van der Waals surface area contributed by atoms with Crippen LogP contribution < -0.4 is 9.46 Å². The van der Waals surface area contributed by atoms with E-state index in [4.69, 9.17) is 4.74 Å². The highest BCUT2D eigenvalue weighted by molar-refractivity contribution is 7.92. The Labute approximate surface area is 132 Å². The fourth-order valence-electron chi connectivity index (χ4n) is 1.79. The van der Waals surface area contributed by atoms with Gasteiger partial charge in [-0.2, -0.15) is 0 Å². The fourth-order valence-corrected chi connectivity index (χ4v) is 2.97. The van der Waals surface area contributed by atoms with Gasteiger partial charge < -0.3 is 4.74 Å². The Balaban J connectivity index is 2.36. The van der Waals surface area contributed by atoms with Crippen molar-refractivity contribution >= 4 is 21.4 Å². The van der Waals surface area contributed by atoms with Crippen LogP contribution in [-0.2, 0) is 16.4 Å². The number of methoxy groups -OCH3 is 1. The van der Waals surface area contributed by atoms with Gasteiger partial charge in [0.1, 0.15) is 16.5 Å². The van der Waals surface area contributed by atoms with E-state index < -0.39 is 14.9 Å². The monoisotopic (exact) mass is 338 g/mol. The highest BCUT2D eigenvalue weighted by atomic mass is 32.2. The molecule has 0 bridgehead atoms. The molecule has 2 aromatic rings. The number of non-ortho nitro benzene ring substituents is 1. The maximum atomic E-state index is 12.4. The number of nitro groups is 1. The maximum Gasteiger partial charge on any atom is 0.273 e. The Morgan fingerprint density at radius 3 is 2.48 bits per heavy atom. The standard InChI is InChI=1S/C13H14N4O5S/c1-3-13-14-7-9(8-15-13)16-23(20,21)12-5-4-10(17(18)19)6-11(12)22-2/h4-8,16H,3H2,1-2H3. The van der Waals surface area contributed by atoms with Gasteiger partial charge in [0.05, 0.1) is 36.2 Å². The molecule has 9 nitrogen and oxygen atoms in total. The predicted molar refractivity (Wildman–Crippen MR) is 81.9 cm³/mol. The van der Waals surface area contributed by atoms with Gasteiger partial charge in [-0.1, -0.05) is 6.92 Å². The molecule has 1 aromatic heterocycles. The van der Waals surface area contributed by atoms with Crippen LogP contribution in [0.1, 0.15) is 12.7 Å². The minimum Gasteiger partial charge on any atom is -0.495 e. The summed E-state index contributed by atoms with van der Waals surface area (Å²) in [5.74, 6) is 0.457. The van der Waals surface area contributed by atoms with Crippen LogP contribution in [0.4, 0.5) is 11.4 Å². The predicted octanol–water partition coefficient (Wildman–Crippen LogP) is 1.76. The Bertz CT molecular complexity index is 821. The molecule has 0 spiro atoms. The Kier molecular flexibility index (Phi) is 4.74. The maximum absolute atomic E-state index is 12.4. The Morgan fingerprint density at radius 1 is 1.30 bits per heavy atom. The Morgan fingerprint density at radius 2 is 1.96 bits per heavy atom. The van der Waals surface area contributed by atoms with Crippen LogP contribution in [0.15, 0.2) is 35.5 Å². The van der Waals surface area contributed by atoms with Crippen molar-refractivity contribution in [2.75, 3.05) is 11.8 Å². The van der Waals surface area contributed by atoms with E-state index in [1.54, 1.807) is 0 Å². The highest BCUT2D eigenvalue weighted by Gasteiger charge is 2.22. The molecule has 0 fully saturated rings. The van der Waals surface area contributed by atoms with Gasteiger partial charge in [0.2, 0.25) is 0 Å². The first-order chi connectivity index (χ1) is 10.9. The summed E-state index contributed by atoms with van der Waals surface area (Å²) in [6.45, 7) is 1.88. The van der Waals surface area contributed by atoms with E-state index in [0.29, 0.717) is 12.2 Å². The number of anilines is 1. The van der Waals surface area contributed by atoms with E-state index in [9.17, 15) is 18.5 Å². The molecule has 23 heavy (non-hydrogen) atoms. The number of nitrogens with one attached hydrogen (secondary N) is 1. The van der Waals surface area contributed by atoms with E-state index in [0.717, 1.165) is 18.2 Å². The van der Waals surface area contributed by atoms with Crippen LogP contribution in [0.2, 0.25) is 0 Å². The molecule has 122 valence electrons. The van der Waals surface area contributed by atoms with Crippen molar-refractivity contribution in [3.8, 4) is 5.75 Å². The normalized spacial score (nSPS) is 11.0. The molecular weight excluding hydrogens is 324 g/mol. The van der Waals surface area contributed by atoms with Gasteiger partial charge in [0.25, 0.3) is 15.7 Å². The van der Waals surface area contributed by atoms with Gasteiger partial charge in [0, 0.05) is 12.5 Å². The van der Waals surface area contributed by atoms with Crippen LogP contribution in [0, 0.1) is 10.1 Å². The first-order valence-corrected chi connectivity index (χ1v) is 8.02. The second kappa shape index (κ2) is 6.57. The van der Waals surface area contributed by atoms with Crippen LogP contribution in [-0.4, -0.2) is 30.4 Å². The summed E-state index contributed by atoms with van der Waals surface area (Å²) in [7, 11) is -2.76. The third-order valence-corrected chi connectivity index (χ3v) is 4.34. The summed E-state index contributed by atoms with van der Waals surface area (Å²) in [6.07, 6.45) is 3.33. The number of rotatable bonds is 6. The van der Waals surface area contributed by atoms with Crippen LogP contribution in [0.3, 0.4) is 0 Å². The second-order valence-electron chi connectivity index (χ2n) is 4.44. The van der Waals surface area contributed by atoms with Crippen molar-refractivity contribution in [1.82, 2.24) is 9.97 Å². The number of hydrogen-bond acceptors (Lipinski definition) is 7. The van der Waals surface area contributed by atoms with Crippen LogP contribution in [0.5, 0.6) is 5.75 Å². The highest BCUT2D eigenvalue weighted by Crippen LogP contribution is 2.29. The third kappa shape index (κ3) is 3.72. The lowest BCUT2D eigenvalue weighted by molar-refractivity contribution is -0.385. The van der Waals surface area contributed by atoms with Crippen molar-refractivity contribution < 1.29 is 18.1 Å². The lowest BCUT2D eigenvalue weighted by Gasteiger charge is -2.11. The number of aryl methyl sites for hydroxylation is 1. The number of aromatic nitrogens is 2. The molecule has 0 aliphatic heterocycles. The summed E-state index contributed by atoms with van der Waals surface area (Å²) < 4.78 is 32.0. The van der Waals surface area contributed by atoms with Gasteiger partial charge in [-0.3, -0.25) is 14.8 Å². The molecule has 10 heteroatoms. The zero-order valence-electron chi connectivity index (χ0n) is 12.4. The Hall–Kier alpha value is -2.75. The molecule has 0 amide bonds. The number of ether oxygens (including phenoxy) is 1. The van der Waals surface area contributed by atoms with Crippen molar-refractivity contribution in [2.45, 2.75) is 18.2 Å². The summed E-state index contributed by atoms with van der Waals surface area (Å²) in [5.41, 5.74) is -0.0842. The first kappa shape index (κ1) is 16.6. The van der Waals surface area contributed by atoms with Gasteiger partial charge in [-0.25, -0.2) is 18.4 Å². The summed E-state index contributed by atoms with van der Waals surface area (Å²) in [5, 5.41) is 10.7. The van der Waals surface area contributed by atoms with Crippen molar-refractivity contribution in [2.24, 2.45) is 0 Å². The molecule has 0 aliphatic rings. The van der Waals surface area contributed by atoms with Gasteiger partial charge >= 0.3 is 0 Å². The molecule has 0 atom stereocenters. The van der Waals surface area contributed by atoms with Crippen molar-refractivity contribution in [1.29, 1.82) is 0 Å². The van der Waals surface area contributed by atoms with Gasteiger partial charge in [0.15, 0.2) is 0 Å². The lowest BCUT2D eigenvalue weighted by Crippen LogP contribution is -2.15. The average Bonchev–Trinajstić information content (AvgIpc) is 2.54. The van der Waals surface area contributed by atoms with E-state index >= 15 is 0 Å². The SMILES string of the molecule is CCc1ncc(NS(=O)(=O)c2ccc([N+](=O)[O-])cc2OC)cn1. The summed E-state index contributed by atoms with van der Waals surface area (Å²) in [6, 6.07) is 3.25. The summed E-state index contributed by atoms with van der Waals surface area (Å²) >= 11 is 0. The average molecular weight is 338 g/mol. The number of hydrogen-bond donors (Lipinski definition) is 1. The van der Waals surface area contributed by atoms with E-state index in [1.165, 1.54) is 19.5 Å². The quantitative estimate of drug-likeness (QED) is 0.628. The number of nitro benzene ring substituents is 1. The van der Waals surface area contributed by atoms with E-state index in [2.05, 4.69) is 14.7 Å². The first-order valence-electron chi connectivity index (χ1n) is 6.53. The lowest BCUT2D eigenvalue weighted by atomic mass is 10.3. The number of nitrogens with zero attached hydrogens (tertiary/aromatic N) is 3. The van der Waals surface area contributed by atoms with Crippen LogP contribution in [0.25, 0.3) is 0 Å². The molecule has 0 saturated heterocycles. The smallest absolute Gasteiger partial charge is 0.273 e. The third-order valence-electron chi connectivity index (χ3n) is 2.92. The molecule has 0 unspecified atom stereocenters. The minimum atomic E-state index is -4.00. The molecule has 0 saturated carbocycles. The van der Waals surface area contributed by atoms with E-state index in [1.807, 2.05) is 6.92 Å². The zero-order chi connectivity index (χ0) is 17.0. The molecule has 1 N–H and O–H groups in total. The molecule has 2 rings (SSSR count). The molecule has 0 aliphatic carbocycles. The van der Waals surface area contributed by atoms with E-state index in [-0.39, 0.29) is 22.0 Å². The van der Waals surface area contributed by atoms with Gasteiger partial charge in [-0.15, -0.1) is 0 Å². The number of benzene rings is 1. The topological polar surface area (TPSA) is 124 Å².